The molecule has 21 heavy (non-hydrogen) atoms. The predicted octanol–water partition coefficient (Wildman–Crippen LogP) is 4.15. The number of methoxy groups -OCH3 is 1. The molecule has 1 atom stereocenters. The third kappa shape index (κ3) is 2.13. The van der Waals surface area contributed by atoms with Crippen LogP contribution in [0.2, 0.25) is 0 Å². The Bertz CT molecular complexity index is 793. The molecule has 3 heteroatoms. The molecule has 1 unspecified atom stereocenters. The van der Waals surface area contributed by atoms with E-state index in [1.807, 2.05) is 17.4 Å². The molecule has 1 aromatic heterocycles. The average molecular weight is 295 g/mol. The van der Waals surface area contributed by atoms with E-state index in [0.29, 0.717) is 5.92 Å². The predicted molar refractivity (Wildman–Crippen MR) is 88.4 cm³/mol. The lowest BCUT2D eigenvalue weighted by Crippen LogP contribution is -2.28. The maximum absolute atomic E-state index is 5.49. The van der Waals surface area contributed by atoms with Crippen molar-refractivity contribution in [1.29, 1.82) is 0 Å². The van der Waals surface area contributed by atoms with Gasteiger partial charge in [0.2, 0.25) is 0 Å². The van der Waals surface area contributed by atoms with Crippen molar-refractivity contribution >= 4 is 21.4 Å². The van der Waals surface area contributed by atoms with Crippen molar-refractivity contribution in [3.05, 3.63) is 64.5 Å². The molecule has 0 radical (unpaired) electrons. The Morgan fingerprint density at radius 1 is 1.14 bits per heavy atom. The minimum atomic E-state index is 0.442. The molecule has 2 nitrogen and oxygen atoms in total. The van der Waals surface area contributed by atoms with Crippen LogP contribution >= 0.6 is 11.3 Å². The summed E-state index contributed by atoms with van der Waals surface area (Å²) in [5.74, 6) is 1.41. The molecule has 4 rings (SSSR count). The van der Waals surface area contributed by atoms with E-state index in [9.17, 15) is 0 Å². The topological polar surface area (TPSA) is 21.3 Å². The van der Waals surface area contributed by atoms with E-state index in [2.05, 4.69) is 47.8 Å². The van der Waals surface area contributed by atoms with Gasteiger partial charge < -0.3 is 10.1 Å². The van der Waals surface area contributed by atoms with Crippen molar-refractivity contribution in [3.63, 3.8) is 0 Å². The number of ether oxygens (including phenoxy) is 1. The highest BCUT2D eigenvalue weighted by Crippen LogP contribution is 2.39. The van der Waals surface area contributed by atoms with E-state index >= 15 is 0 Å². The van der Waals surface area contributed by atoms with E-state index in [1.54, 1.807) is 7.11 Å². The number of rotatable bonds is 2. The molecule has 0 aliphatic carbocycles. The van der Waals surface area contributed by atoms with Crippen molar-refractivity contribution in [2.45, 2.75) is 12.5 Å². The third-order valence-electron chi connectivity index (χ3n) is 4.20. The first-order valence-corrected chi connectivity index (χ1v) is 8.03. The van der Waals surface area contributed by atoms with Crippen LogP contribution in [0.5, 0.6) is 5.75 Å². The number of benzene rings is 2. The van der Waals surface area contributed by atoms with Gasteiger partial charge in [-0.1, -0.05) is 30.3 Å². The Hall–Kier alpha value is -1.84. The molecular formula is C18H17NOS. The van der Waals surface area contributed by atoms with E-state index in [1.165, 1.54) is 26.1 Å². The second-order valence-corrected chi connectivity index (χ2v) is 6.52. The first-order valence-electron chi connectivity index (χ1n) is 7.22. The van der Waals surface area contributed by atoms with Crippen LogP contribution in [0.1, 0.15) is 21.9 Å². The summed E-state index contributed by atoms with van der Waals surface area (Å²) in [6, 6.07) is 17.3. The molecule has 1 aliphatic rings. The van der Waals surface area contributed by atoms with Crippen LogP contribution in [-0.2, 0) is 6.54 Å². The minimum Gasteiger partial charge on any atom is -0.496 e. The Morgan fingerprint density at radius 2 is 2.05 bits per heavy atom. The van der Waals surface area contributed by atoms with Gasteiger partial charge in [0.15, 0.2) is 0 Å². The zero-order valence-electron chi connectivity index (χ0n) is 11.9. The molecule has 0 fully saturated rings. The highest BCUT2D eigenvalue weighted by atomic mass is 32.1. The number of fused-ring (bicyclic) bond motifs is 2. The normalized spacial score (nSPS) is 17.7. The number of thiophene rings is 1. The first kappa shape index (κ1) is 12.9. The molecule has 0 bridgehead atoms. The largest absolute Gasteiger partial charge is 0.496 e. The molecule has 0 saturated carbocycles. The average Bonchev–Trinajstić information content (AvgIpc) is 2.98. The maximum Gasteiger partial charge on any atom is 0.127 e. The lowest BCUT2D eigenvalue weighted by Gasteiger charge is -2.25. The van der Waals surface area contributed by atoms with Crippen molar-refractivity contribution in [2.24, 2.45) is 0 Å². The fourth-order valence-electron chi connectivity index (χ4n) is 3.15. The Kier molecular flexibility index (Phi) is 3.17. The van der Waals surface area contributed by atoms with Gasteiger partial charge >= 0.3 is 0 Å². The molecule has 3 aromatic rings. The smallest absolute Gasteiger partial charge is 0.127 e. The van der Waals surface area contributed by atoms with Gasteiger partial charge in [0, 0.05) is 34.0 Å². The SMILES string of the molecule is COc1cccc2sc(C3CNCc4ccccc43)cc12. The van der Waals surface area contributed by atoms with E-state index in [-0.39, 0.29) is 0 Å². The van der Waals surface area contributed by atoms with Gasteiger partial charge in [0.25, 0.3) is 0 Å². The molecule has 1 aliphatic heterocycles. The summed E-state index contributed by atoms with van der Waals surface area (Å²) in [4.78, 5) is 1.41. The van der Waals surface area contributed by atoms with E-state index < -0.39 is 0 Å². The maximum atomic E-state index is 5.49. The zero-order chi connectivity index (χ0) is 14.2. The summed E-state index contributed by atoms with van der Waals surface area (Å²) in [5, 5.41) is 4.76. The van der Waals surface area contributed by atoms with Gasteiger partial charge in [0.05, 0.1) is 7.11 Å². The third-order valence-corrected chi connectivity index (χ3v) is 5.41. The van der Waals surface area contributed by atoms with Crippen LogP contribution in [0.3, 0.4) is 0 Å². The molecule has 1 N–H and O–H groups in total. The van der Waals surface area contributed by atoms with Gasteiger partial charge in [-0.25, -0.2) is 0 Å². The minimum absolute atomic E-state index is 0.442. The van der Waals surface area contributed by atoms with Crippen LogP contribution in [0.25, 0.3) is 10.1 Å². The molecule has 2 aromatic carbocycles. The summed E-state index contributed by atoms with van der Waals surface area (Å²) in [6.07, 6.45) is 0. The number of hydrogen-bond acceptors (Lipinski definition) is 3. The summed E-state index contributed by atoms with van der Waals surface area (Å²) in [6.45, 7) is 1.98. The molecular weight excluding hydrogens is 278 g/mol. The summed E-state index contributed by atoms with van der Waals surface area (Å²) in [5.41, 5.74) is 2.87. The highest BCUT2D eigenvalue weighted by Gasteiger charge is 2.23. The van der Waals surface area contributed by atoms with Crippen LogP contribution < -0.4 is 10.1 Å². The lowest BCUT2D eigenvalue weighted by molar-refractivity contribution is 0.420. The molecule has 0 spiro atoms. The summed E-state index contributed by atoms with van der Waals surface area (Å²) >= 11 is 1.88. The van der Waals surface area contributed by atoms with Crippen molar-refractivity contribution in [3.8, 4) is 5.75 Å². The van der Waals surface area contributed by atoms with Crippen LogP contribution in [0.15, 0.2) is 48.5 Å². The van der Waals surface area contributed by atoms with Gasteiger partial charge in [-0.05, 0) is 29.3 Å². The molecule has 0 amide bonds. The van der Waals surface area contributed by atoms with E-state index in [0.717, 1.165) is 18.8 Å². The fourth-order valence-corrected chi connectivity index (χ4v) is 4.35. The summed E-state index contributed by atoms with van der Waals surface area (Å²) in [7, 11) is 1.74. The second-order valence-electron chi connectivity index (χ2n) is 5.40. The molecule has 106 valence electrons. The van der Waals surface area contributed by atoms with Crippen LogP contribution in [0.4, 0.5) is 0 Å². The molecule has 0 saturated heterocycles. The van der Waals surface area contributed by atoms with E-state index in [4.69, 9.17) is 4.74 Å². The quantitative estimate of drug-likeness (QED) is 0.767. The fraction of sp³-hybridized carbons (Fsp3) is 0.222. The van der Waals surface area contributed by atoms with Crippen molar-refractivity contribution < 1.29 is 4.74 Å². The second kappa shape index (κ2) is 5.17. The van der Waals surface area contributed by atoms with Gasteiger partial charge in [-0.3, -0.25) is 0 Å². The van der Waals surface area contributed by atoms with Crippen molar-refractivity contribution in [1.82, 2.24) is 5.32 Å². The Morgan fingerprint density at radius 3 is 2.95 bits per heavy atom. The zero-order valence-corrected chi connectivity index (χ0v) is 12.7. The Labute approximate surface area is 128 Å². The summed E-state index contributed by atoms with van der Waals surface area (Å²) < 4.78 is 6.79. The number of hydrogen-bond donors (Lipinski definition) is 1. The highest BCUT2D eigenvalue weighted by molar-refractivity contribution is 7.19. The van der Waals surface area contributed by atoms with Crippen molar-refractivity contribution in [2.75, 3.05) is 13.7 Å². The molecule has 2 heterocycles. The monoisotopic (exact) mass is 295 g/mol. The lowest BCUT2D eigenvalue weighted by atomic mass is 9.89. The standard InChI is InChI=1S/C18H17NOS/c1-20-16-7-4-8-17-14(16)9-18(21-17)15-11-19-10-12-5-2-3-6-13(12)15/h2-9,15,19H,10-11H2,1H3. The Balaban J connectivity index is 1.84. The number of nitrogens with one attached hydrogen (secondary N) is 1. The van der Waals surface area contributed by atoms with Crippen LogP contribution in [-0.4, -0.2) is 13.7 Å². The first-order chi connectivity index (χ1) is 10.4. The van der Waals surface area contributed by atoms with Crippen LogP contribution in [0, 0.1) is 0 Å². The van der Waals surface area contributed by atoms with Gasteiger partial charge in [-0.2, -0.15) is 0 Å². The van der Waals surface area contributed by atoms with Gasteiger partial charge in [0.1, 0.15) is 5.75 Å². The van der Waals surface area contributed by atoms with Gasteiger partial charge in [-0.15, -0.1) is 11.3 Å².